The van der Waals surface area contributed by atoms with Crippen LogP contribution in [-0.4, -0.2) is 57.3 Å². The van der Waals surface area contributed by atoms with Gasteiger partial charge >= 0.3 is 11.8 Å². The molecule has 0 atom stereocenters. The molecule has 11 heteroatoms. The van der Waals surface area contributed by atoms with Crippen LogP contribution in [0.15, 0.2) is 47.5 Å². The Morgan fingerprint density at radius 2 is 1.79 bits per heavy atom. The minimum absolute atomic E-state index is 0.0308. The van der Waals surface area contributed by atoms with E-state index in [1.807, 2.05) is 25.9 Å². The standard InChI is InChI=1S/C22H24N6O4S/c1-14-4-9-18(20-19(14)15(12-23)13-25-20)27-33(31,32)17-7-5-16(6-8-17)26-22(30)21(29)24-10-11-28(2)3/h4-9,13,25,27H,10-11H2,1-3H3,(H,24,29)(H,26,30). The van der Waals surface area contributed by atoms with Gasteiger partial charge in [0.2, 0.25) is 0 Å². The van der Waals surface area contributed by atoms with E-state index in [0.717, 1.165) is 5.56 Å². The summed E-state index contributed by atoms with van der Waals surface area (Å²) < 4.78 is 28.3. The van der Waals surface area contributed by atoms with Gasteiger partial charge in [-0.05, 0) is 56.9 Å². The fourth-order valence-electron chi connectivity index (χ4n) is 3.18. The number of carbonyl (C=O) groups excluding carboxylic acids is 2. The molecule has 0 spiro atoms. The molecule has 0 aliphatic carbocycles. The Bertz CT molecular complexity index is 1340. The Balaban J connectivity index is 1.72. The van der Waals surface area contributed by atoms with Gasteiger partial charge in [0.15, 0.2) is 0 Å². The van der Waals surface area contributed by atoms with E-state index in [0.29, 0.717) is 35.2 Å². The molecule has 0 unspecified atom stereocenters. The number of nitriles is 1. The van der Waals surface area contributed by atoms with E-state index in [4.69, 9.17) is 0 Å². The molecule has 10 nitrogen and oxygen atoms in total. The number of aryl methyl sites for hydroxylation is 1. The Labute approximate surface area is 191 Å². The van der Waals surface area contributed by atoms with Crippen molar-refractivity contribution in [2.45, 2.75) is 11.8 Å². The Hall–Kier alpha value is -3.88. The maximum atomic E-state index is 12.9. The number of H-pyrrole nitrogens is 1. The monoisotopic (exact) mass is 468 g/mol. The van der Waals surface area contributed by atoms with Crippen LogP contribution in [0.5, 0.6) is 0 Å². The molecule has 2 amide bonds. The summed E-state index contributed by atoms with van der Waals surface area (Å²) in [4.78, 5) is 28.6. The van der Waals surface area contributed by atoms with Crippen LogP contribution in [0.2, 0.25) is 0 Å². The Kier molecular flexibility index (Phi) is 7.01. The van der Waals surface area contributed by atoms with Crippen LogP contribution in [0, 0.1) is 18.3 Å². The molecule has 33 heavy (non-hydrogen) atoms. The van der Waals surface area contributed by atoms with E-state index in [1.54, 1.807) is 12.1 Å². The van der Waals surface area contributed by atoms with Gasteiger partial charge < -0.3 is 20.5 Å². The molecule has 1 aromatic heterocycles. The molecule has 0 fully saturated rings. The van der Waals surface area contributed by atoms with E-state index in [2.05, 4.69) is 26.4 Å². The molecule has 0 saturated heterocycles. The van der Waals surface area contributed by atoms with E-state index in [-0.39, 0.29) is 10.6 Å². The molecular weight excluding hydrogens is 444 g/mol. The van der Waals surface area contributed by atoms with Gasteiger partial charge in [-0.15, -0.1) is 0 Å². The van der Waals surface area contributed by atoms with Crippen LogP contribution < -0.4 is 15.4 Å². The normalized spacial score (nSPS) is 11.2. The number of aromatic nitrogens is 1. The van der Waals surface area contributed by atoms with Crippen molar-refractivity contribution in [1.82, 2.24) is 15.2 Å². The zero-order valence-corrected chi connectivity index (χ0v) is 19.2. The van der Waals surface area contributed by atoms with E-state index >= 15 is 0 Å². The Morgan fingerprint density at radius 3 is 2.42 bits per heavy atom. The van der Waals surface area contributed by atoms with Crippen LogP contribution in [0.4, 0.5) is 11.4 Å². The molecular formula is C22H24N6O4S. The maximum Gasteiger partial charge on any atom is 0.313 e. The third-order valence-electron chi connectivity index (χ3n) is 4.88. The van der Waals surface area contributed by atoms with E-state index in [1.165, 1.54) is 30.5 Å². The first kappa shape index (κ1) is 23.8. The molecule has 4 N–H and O–H groups in total. The first-order chi connectivity index (χ1) is 15.6. The number of carbonyl (C=O) groups is 2. The number of sulfonamides is 1. The van der Waals surface area contributed by atoms with Crippen LogP contribution in [0.25, 0.3) is 10.9 Å². The summed E-state index contributed by atoms with van der Waals surface area (Å²) in [6.07, 6.45) is 1.53. The van der Waals surface area contributed by atoms with Gasteiger partial charge in [-0.3, -0.25) is 14.3 Å². The molecule has 3 aromatic rings. The molecule has 0 saturated carbocycles. The lowest BCUT2D eigenvalue weighted by Crippen LogP contribution is -2.38. The highest BCUT2D eigenvalue weighted by molar-refractivity contribution is 7.92. The van der Waals surface area contributed by atoms with Gasteiger partial charge in [-0.2, -0.15) is 5.26 Å². The van der Waals surface area contributed by atoms with Crippen molar-refractivity contribution in [3.8, 4) is 6.07 Å². The van der Waals surface area contributed by atoms with Crippen LogP contribution in [0.3, 0.4) is 0 Å². The van der Waals surface area contributed by atoms with Crippen LogP contribution in [0.1, 0.15) is 11.1 Å². The van der Waals surface area contributed by atoms with Gasteiger partial charge in [0.25, 0.3) is 10.0 Å². The summed E-state index contributed by atoms with van der Waals surface area (Å²) in [6.45, 7) is 2.75. The molecule has 3 rings (SSSR count). The number of anilines is 2. The van der Waals surface area contributed by atoms with Gasteiger partial charge in [-0.25, -0.2) is 8.42 Å². The van der Waals surface area contributed by atoms with Crippen molar-refractivity contribution in [2.75, 3.05) is 37.2 Å². The second kappa shape index (κ2) is 9.72. The predicted molar refractivity (Wildman–Crippen MR) is 125 cm³/mol. The van der Waals surface area contributed by atoms with Crippen molar-refractivity contribution in [3.63, 3.8) is 0 Å². The summed E-state index contributed by atoms with van der Waals surface area (Å²) in [5.41, 5.74) is 2.37. The summed E-state index contributed by atoms with van der Waals surface area (Å²) in [7, 11) is -0.252. The lowest BCUT2D eigenvalue weighted by Gasteiger charge is -2.12. The number of amides is 2. The lowest BCUT2D eigenvalue weighted by atomic mass is 10.1. The summed E-state index contributed by atoms with van der Waals surface area (Å²) >= 11 is 0. The average molecular weight is 469 g/mol. The summed E-state index contributed by atoms with van der Waals surface area (Å²) in [6, 6.07) is 10.9. The van der Waals surface area contributed by atoms with E-state index < -0.39 is 21.8 Å². The molecule has 0 aliphatic heterocycles. The predicted octanol–water partition coefficient (Wildman–Crippen LogP) is 1.77. The number of nitrogens with one attached hydrogen (secondary N) is 4. The molecule has 1 heterocycles. The maximum absolute atomic E-state index is 12.9. The minimum atomic E-state index is -3.95. The number of benzene rings is 2. The molecule has 2 aromatic carbocycles. The van der Waals surface area contributed by atoms with Gasteiger partial charge in [0, 0.05) is 30.4 Å². The average Bonchev–Trinajstić information content (AvgIpc) is 3.21. The molecule has 0 aliphatic rings. The fraction of sp³-hybridized carbons (Fsp3) is 0.227. The number of aromatic amines is 1. The first-order valence-electron chi connectivity index (χ1n) is 10.00. The van der Waals surface area contributed by atoms with Crippen LogP contribution in [-0.2, 0) is 19.6 Å². The lowest BCUT2D eigenvalue weighted by molar-refractivity contribution is -0.136. The van der Waals surface area contributed by atoms with Crippen molar-refractivity contribution >= 4 is 44.1 Å². The highest BCUT2D eigenvalue weighted by atomic mass is 32.2. The highest BCUT2D eigenvalue weighted by Crippen LogP contribution is 2.30. The zero-order valence-electron chi connectivity index (χ0n) is 18.4. The number of hydrogen-bond donors (Lipinski definition) is 4. The van der Waals surface area contributed by atoms with Gasteiger partial charge in [0.1, 0.15) is 6.07 Å². The second-order valence-electron chi connectivity index (χ2n) is 7.64. The van der Waals surface area contributed by atoms with Gasteiger partial charge in [0.05, 0.1) is 21.7 Å². The van der Waals surface area contributed by atoms with Crippen molar-refractivity contribution in [1.29, 1.82) is 5.26 Å². The quantitative estimate of drug-likeness (QED) is 0.389. The fourth-order valence-corrected chi connectivity index (χ4v) is 4.25. The summed E-state index contributed by atoms with van der Waals surface area (Å²) in [5, 5.41) is 14.9. The third-order valence-corrected chi connectivity index (χ3v) is 6.26. The highest BCUT2D eigenvalue weighted by Gasteiger charge is 2.19. The largest absolute Gasteiger partial charge is 0.358 e. The van der Waals surface area contributed by atoms with Crippen LogP contribution >= 0.6 is 0 Å². The zero-order chi connectivity index (χ0) is 24.2. The van der Waals surface area contributed by atoms with Crippen molar-refractivity contribution < 1.29 is 18.0 Å². The topological polar surface area (TPSA) is 147 Å². The number of rotatable bonds is 7. The molecule has 0 bridgehead atoms. The van der Waals surface area contributed by atoms with E-state index in [9.17, 15) is 23.3 Å². The minimum Gasteiger partial charge on any atom is -0.358 e. The number of nitrogens with zero attached hydrogens (tertiary/aromatic N) is 2. The number of likely N-dealkylation sites (N-methyl/N-ethyl adjacent to an activating group) is 1. The number of fused-ring (bicyclic) bond motifs is 1. The first-order valence-corrected chi connectivity index (χ1v) is 11.5. The molecule has 0 radical (unpaired) electrons. The van der Waals surface area contributed by atoms with Gasteiger partial charge in [-0.1, -0.05) is 6.07 Å². The van der Waals surface area contributed by atoms with Crippen molar-refractivity contribution in [2.24, 2.45) is 0 Å². The smallest absolute Gasteiger partial charge is 0.313 e. The second-order valence-corrected chi connectivity index (χ2v) is 9.32. The summed E-state index contributed by atoms with van der Waals surface area (Å²) in [5.74, 6) is -1.62. The third kappa shape index (κ3) is 5.49. The SMILES string of the molecule is Cc1ccc(NS(=O)(=O)c2ccc(NC(=O)C(=O)NCCN(C)C)cc2)c2[nH]cc(C#N)c12. The molecule has 172 valence electrons. The Morgan fingerprint density at radius 1 is 1.09 bits per heavy atom. The number of hydrogen-bond acceptors (Lipinski definition) is 6. The van der Waals surface area contributed by atoms with Crippen molar-refractivity contribution in [3.05, 3.63) is 53.7 Å².